The summed E-state index contributed by atoms with van der Waals surface area (Å²) in [5, 5.41) is 12.1. The fourth-order valence-electron chi connectivity index (χ4n) is 2.02. The predicted octanol–water partition coefficient (Wildman–Crippen LogP) is 2.97. The summed E-state index contributed by atoms with van der Waals surface area (Å²) in [6, 6.07) is 14.9. The molecule has 2 aromatic rings. The number of aryl methyl sites for hydroxylation is 1. The van der Waals surface area contributed by atoms with Crippen LogP contribution in [0.3, 0.4) is 0 Å². The molecule has 110 valence electrons. The lowest BCUT2D eigenvalue weighted by molar-refractivity contribution is -0.121. The quantitative estimate of drug-likeness (QED) is 0.718. The summed E-state index contributed by atoms with van der Waals surface area (Å²) in [6.45, 7) is 0.610. The van der Waals surface area contributed by atoms with Crippen molar-refractivity contribution in [1.29, 1.82) is 0 Å². The lowest BCUT2D eigenvalue weighted by Gasteiger charge is -2.06. The van der Waals surface area contributed by atoms with Gasteiger partial charge in [-0.15, -0.1) is 12.6 Å². The molecular formula is C17H19NO2S. The SMILES string of the molecule is O=C(CCc1ccc(S)cc1)NCCc1ccc(O)cc1. The molecule has 0 bridgehead atoms. The second-order valence-electron chi connectivity index (χ2n) is 4.93. The molecule has 0 spiro atoms. The molecule has 0 aliphatic carbocycles. The molecule has 21 heavy (non-hydrogen) atoms. The van der Waals surface area contributed by atoms with Crippen LogP contribution in [0.1, 0.15) is 17.5 Å². The fraction of sp³-hybridized carbons (Fsp3) is 0.235. The molecule has 2 N–H and O–H groups in total. The highest BCUT2D eigenvalue weighted by molar-refractivity contribution is 7.80. The number of thiol groups is 1. The number of carbonyl (C=O) groups is 1. The van der Waals surface area contributed by atoms with Gasteiger partial charge in [0.2, 0.25) is 5.91 Å². The van der Waals surface area contributed by atoms with Gasteiger partial charge in [-0.25, -0.2) is 0 Å². The van der Waals surface area contributed by atoms with Gasteiger partial charge in [0.05, 0.1) is 0 Å². The van der Waals surface area contributed by atoms with Crippen molar-refractivity contribution in [1.82, 2.24) is 5.32 Å². The van der Waals surface area contributed by atoms with Crippen LogP contribution in [0, 0.1) is 0 Å². The summed E-state index contributed by atoms with van der Waals surface area (Å²) in [4.78, 5) is 12.7. The molecule has 0 heterocycles. The van der Waals surface area contributed by atoms with Gasteiger partial charge in [0, 0.05) is 17.9 Å². The van der Waals surface area contributed by atoms with E-state index < -0.39 is 0 Å². The highest BCUT2D eigenvalue weighted by atomic mass is 32.1. The zero-order valence-corrected chi connectivity index (χ0v) is 12.6. The molecule has 0 aliphatic heterocycles. The van der Waals surface area contributed by atoms with Crippen LogP contribution >= 0.6 is 12.6 Å². The third-order valence-electron chi connectivity index (χ3n) is 3.25. The van der Waals surface area contributed by atoms with Crippen molar-refractivity contribution >= 4 is 18.5 Å². The van der Waals surface area contributed by atoms with Crippen LogP contribution in [0.5, 0.6) is 5.75 Å². The number of rotatable bonds is 6. The van der Waals surface area contributed by atoms with Gasteiger partial charge >= 0.3 is 0 Å². The standard InChI is InChI=1S/C17H19NO2S/c19-15-6-1-14(2-7-15)11-12-18-17(20)10-5-13-3-8-16(21)9-4-13/h1-4,6-9,19,21H,5,10-12H2,(H,18,20). The number of benzene rings is 2. The van der Waals surface area contributed by atoms with Crippen molar-refractivity contribution in [3.8, 4) is 5.75 Å². The Morgan fingerprint density at radius 1 is 0.952 bits per heavy atom. The summed E-state index contributed by atoms with van der Waals surface area (Å²) in [5.41, 5.74) is 2.24. The summed E-state index contributed by atoms with van der Waals surface area (Å²) >= 11 is 4.23. The minimum atomic E-state index is 0.0590. The lowest BCUT2D eigenvalue weighted by atomic mass is 10.1. The number of carbonyl (C=O) groups excluding carboxylic acids is 1. The normalized spacial score (nSPS) is 10.3. The van der Waals surface area contributed by atoms with Gasteiger partial charge in [-0.05, 0) is 48.2 Å². The zero-order valence-electron chi connectivity index (χ0n) is 11.7. The Kier molecular flexibility index (Phi) is 5.69. The van der Waals surface area contributed by atoms with Gasteiger partial charge in [-0.1, -0.05) is 24.3 Å². The smallest absolute Gasteiger partial charge is 0.220 e. The predicted molar refractivity (Wildman–Crippen MR) is 86.8 cm³/mol. The van der Waals surface area contributed by atoms with Gasteiger partial charge < -0.3 is 10.4 Å². The minimum Gasteiger partial charge on any atom is -0.508 e. The number of hydrogen-bond acceptors (Lipinski definition) is 3. The number of aromatic hydroxyl groups is 1. The van der Waals surface area contributed by atoms with Crippen LogP contribution in [0.15, 0.2) is 53.4 Å². The molecule has 0 atom stereocenters. The van der Waals surface area contributed by atoms with Crippen LogP contribution in [-0.2, 0) is 17.6 Å². The molecule has 1 amide bonds. The highest BCUT2D eigenvalue weighted by Crippen LogP contribution is 2.10. The molecule has 0 aliphatic rings. The van der Waals surface area contributed by atoms with E-state index in [0.29, 0.717) is 13.0 Å². The Bertz CT molecular complexity index is 579. The maximum Gasteiger partial charge on any atom is 0.220 e. The Labute approximate surface area is 130 Å². The number of hydrogen-bond donors (Lipinski definition) is 3. The van der Waals surface area contributed by atoms with Crippen LogP contribution in [-0.4, -0.2) is 17.6 Å². The van der Waals surface area contributed by atoms with Crippen LogP contribution < -0.4 is 5.32 Å². The van der Waals surface area contributed by atoms with E-state index in [1.165, 1.54) is 0 Å². The molecular weight excluding hydrogens is 282 g/mol. The maximum absolute atomic E-state index is 11.8. The average molecular weight is 301 g/mol. The van der Waals surface area contributed by atoms with E-state index in [1.807, 2.05) is 36.4 Å². The van der Waals surface area contributed by atoms with E-state index in [1.54, 1.807) is 12.1 Å². The number of phenols is 1. The fourth-order valence-corrected chi connectivity index (χ4v) is 2.17. The van der Waals surface area contributed by atoms with Crippen molar-refractivity contribution in [3.63, 3.8) is 0 Å². The second kappa shape index (κ2) is 7.74. The number of phenolic OH excluding ortho intramolecular Hbond substituents is 1. The van der Waals surface area contributed by atoms with Gasteiger partial charge in [0.15, 0.2) is 0 Å². The van der Waals surface area contributed by atoms with Gasteiger partial charge in [-0.3, -0.25) is 4.79 Å². The first kappa shape index (κ1) is 15.4. The van der Waals surface area contributed by atoms with Crippen molar-refractivity contribution in [2.75, 3.05) is 6.54 Å². The molecule has 2 rings (SSSR count). The first-order valence-electron chi connectivity index (χ1n) is 6.96. The minimum absolute atomic E-state index is 0.0590. The average Bonchev–Trinajstić information content (AvgIpc) is 2.49. The van der Waals surface area contributed by atoms with Crippen molar-refractivity contribution in [3.05, 3.63) is 59.7 Å². The lowest BCUT2D eigenvalue weighted by Crippen LogP contribution is -2.25. The van der Waals surface area contributed by atoms with Crippen molar-refractivity contribution < 1.29 is 9.90 Å². The molecule has 4 heteroatoms. The van der Waals surface area contributed by atoms with Crippen molar-refractivity contribution in [2.24, 2.45) is 0 Å². The summed E-state index contributed by atoms with van der Waals surface area (Å²) in [7, 11) is 0. The third-order valence-corrected chi connectivity index (χ3v) is 3.55. The molecule has 3 nitrogen and oxygen atoms in total. The second-order valence-corrected chi connectivity index (χ2v) is 5.45. The molecule has 0 radical (unpaired) electrons. The van der Waals surface area contributed by atoms with Gasteiger partial charge in [0.25, 0.3) is 0 Å². The van der Waals surface area contributed by atoms with Gasteiger partial charge in [-0.2, -0.15) is 0 Å². The van der Waals surface area contributed by atoms with E-state index in [9.17, 15) is 9.90 Å². The summed E-state index contributed by atoms with van der Waals surface area (Å²) in [5.74, 6) is 0.318. The first-order chi connectivity index (χ1) is 10.1. The van der Waals surface area contributed by atoms with Crippen LogP contribution in [0.2, 0.25) is 0 Å². The largest absolute Gasteiger partial charge is 0.508 e. The van der Waals surface area contributed by atoms with Crippen LogP contribution in [0.4, 0.5) is 0 Å². The van der Waals surface area contributed by atoms with E-state index in [0.717, 1.165) is 28.9 Å². The molecule has 2 aromatic carbocycles. The van der Waals surface area contributed by atoms with E-state index in [4.69, 9.17) is 0 Å². The van der Waals surface area contributed by atoms with E-state index in [2.05, 4.69) is 17.9 Å². The highest BCUT2D eigenvalue weighted by Gasteiger charge is 2.02. The molecule has 0 aromatic heterocycles. The Balaban J connectivity index is 1.67. The maximum atomic E-state index is 11.8. The third kappa shape index (κ3) is 5.52. The zero-order chi connectivity index (χ0) is 15.1. The monoisotopic (exact) mass is 301 g/mol. The Morgan fingerprint density at radius 3 is 2.19 bits per heavy atom. The first-order valence-corrected chi connectivity index (χ1v) is 7.41. The number of amides is 1. The molecule has 0 fully saturated rings. The van der Waals surface area contributed by atoms with Gasteiger partial charge in [0.1, 0.15) is 5.75 Å². The molecule has 0 saturated carbocycles. The topological polar surface area (TPSA) is 49.3 Å². The number of nitrogens with one attached hydrogen (secondary N) is 1. The molecule has 0 saturated heterocycles. The summed E-state index contributed by atoms with van der Waals surface area (Å²) < 4.78 is 0. The Hall–Kier alpha value is -1.94. The van der Waals surface area contributed by atoms with E-state index in [-0.39, 0.29) is 11.7 Å². The Morgan fingerprint density at radius 2 is 1.52 bits per heavy atom. The summed E-state index contributed by atoms with van der Waals surface area (Å²) in [6.07, 6.45) is 1.99. The van der Waals surface area contributed by atoms with E-state index >= 15 is 0 Å². The van der Waals surface area contributed by atoms with Crippen molar-refractivity contribution in [2.45, 2.75) is 24.2 Å². The molecule has 0 unspecified atom stereocenters. The van der Waals surface area contributed by atoms with Crippen LogP contribution in [0.25, 0.3) is 0 Å².